The number of anilines is 1. The maximum absolute atomic E-state index is 12.6. The molecule has 3 aromatic rings. The molecule has 0 saturated carbocycles. The topological polar surface area (TPSA) is 67.2 Å². The SMILES string of the molecule is Cc1onc(-c2ccccc2)c1C(=O)NNc1c(Cl)cc(Cl)cc1Cl. The van der Waals surface area contributed by atoms with E-state index in [9.17, 15) is 4.79 Å². The van der Waals surface area contributed by atoms with Gasteiger partial charge < -0.3 is 4.52 Å². The third kappa shape index (κ3) is 3.74. The van der Waals surface area contributed by atoms with Crippen LogP contribution in [0.5, 0.6) is 0 Å². The van der Waals surface area contributed by atoms with E-state index in [1.54, 1.807) is 6.92 Å². The minimum Gasteiger partial charge on any atom is -0.360 e. The van der Waals surface area contributed by atoms with E-state index in [4.69, 9.17) is 39.3 Å². The van der Waals surface area contributed by atoms with Crippen LogP contribution in [0.3, 0.4) is 0 Å². The Morgan fingerprint density at radius 3 is 2.36 bits per heavy atom. The van der Waals surface area contributed by atoms with E-state index in [2.05, 4.69) is 16.0 Å². The normalized spacial score (nSPS) is 10.6. The van der Waals surface area contributed by atoms with E-state index in [0.29, 0.717) is 27.7 Å². The number of benzene rings is 2. The van der Waals surface area contributed by atoms with Gasteiger partial charge in [0, 0.05) is 10.6 Å². The molecule has 25 heavy (non-hydrogen) atoms. The van der Waals surface area contributed by atoms with Gasteiger partial charge in [0.15, 0.2) is 0 Å². The van der Waals surface area contributed by atoms with Gasteiger partial charge in [0.05, 0.1) is 15.7 Å². The monoisotopic (exact) mass is 395 g/mol. The van der Waals surface area contributed by atoms with Crippen molar-refractivity contribution >= 4 is 46.4 Å². The average Bonchev–Trinajstić information content (AvgIpc) is 2.96. The molecule has 0 radical (unpaired) electrons. The van der Waals surface area contributed by atoms with E-state index >= 15 is 0 Å². The molecule has 2 N–H and O–H groups in total. The van der Waals surface area contributed by atoms with Gasteiger partial charge in [-0.2, -0.15) is 0 Å². The summed E-state index contributed by atoms with van der Waals surface area (Å²) in [6, 6.07) is 12.3. The number of amides is 1. The first-order valence-corrected chi connectivity index (χ1v) is 8.33. The van der Waals surface area contributed by atoms with Crippen molar-refractivity contribution in [3.63, 3.8) is 0 Å². The highest BCUT2D eigenvalue weighted by atomic mass is 35.5. The van der Waals surface area contributed by atoms with Crippen molar-refractivity contribution in [1.82, 2.24) is 10.6 Å². The second kappa shape index (κ2) is 7.35. The summed E-state index contributed by atoms with van der Waals surface area (Å²) in [7, 11) is 0. The van der Waals surface area contributed by atoms with Gasteiger partial charge in [-0.3, -0.25) is 15.6 Å². The van der Waals surface area contributed by atoms with Crippen molar-refractivity contribution in [1.29, 1.82) is 0 Å². The van der Waals surface area contributed by atoms with Gasteiger partial charge in [-0.25, -0.2) is 0 Å². The van der Waals surface area contributed by atoms with Crippen LogP contribution in [0.2, 0.25) is 15.1 Å². The summed E-state index contributed by atoms with van der Waals surface area (Å²) in [4.78, 5) is 12.6. The van der Waals surface area contributed by atoms with Crippen LogP contribution in [0.4, 0.5) is 5.69 Å². The number of rotatable bonds is 4. The number of hydrogen-bond donors (Lipinski definition) is 2. The number of aryl methyl sites for hydroxylation is 1. The van der Waals surface area contributed by atoms with Crippen LogP contribution in [0.1, 0.15) is 16.1 Å². The number of carbonyl (C=O) groups is 1. The lowest BCUT2D eigenvalue weighted by atomic mass is 10.1. The molecule has 0 fully saturated rings. The quantitative estimate of drug-likeness (QED) is 0.582. The zero-order chi connectivity index (χ0) is 18.0. The fourth-order valence-electron chi connectivity index (χ4n) is 2.28. The number of nitrogens with zero attached hydrogens (tertiary/aromatic N) is 1. The van der Waals surface area contributed by atoms with E-state index in [1.807, 2.05) is 30.3 Å². The summed E-state index contributed by atoms with van der Waals surface area (Å²) in [5.41, 5.74) is 7.15. The van der Waals surface area contributed by atoms with E-state index < -0.39 is 5.91 Å². The van der Waals surface area contributed by atoms with Crippen LogP contribution in [0, 0.1) is 6.92 Å². The van der Waals surface area contributed by atoms with Crippen molar-refractivity contribution in [3.8, 4) is 11.3 Å². The molecule has 0 saturated heterocycles. The van der Waals surface area contributed by atoms with Crippen molar-refractivity contribution in [2.75, 3.05) is 5.43 Å². The number of nitrogens with one attached hydrogen (secondary N) is 2. The maximum atomic E-state index is 12.6. The van der Waals surface area contributed by atoms with Gasteiger partial charge in [-0.15, -0.1) is 0 Å². The summed E-state index contributed by atoms with van der Waals surface area (Å²) in [6.45, 7) is 1.66. The van der Waals surface area contributed by atoms with Crippen LogP contribution < -0.4 is 10.9 Å². The second-order valence-corrected chi connectivity index (χ2v) is 6.40. The Morgan fingerprint density at radius 1 is 1.08 bits per heavy atom. The lowest BCUT2D eigenvalue weighted by Crippen LogP contribution is -2.30. The molecule has 3 rings (SSSR count). The first-order chi connectivity index (χ1) is 12.0. The predicted octanol–water partition coefficient (Wildman–Crippen LogP) is 5.37. The Kier molecular flexibility index (Phi) is 5.18. The highest BCUT2D eigenvalue weighted by molar-refractivity contribution is 6.41. The van der Waals surface area contributed by atoms with E-state index in [1.165, 1.54) is 12.1 Å². The van der Waals surface area contributed by atoms with Crippen molar-refractivity contribution in [3.05, 3.63) is 68.9 Å². The Bertz CT molecular complexity index is 903. The van der Waals surface area contributed by atoms with Gasteiger partial charge >= 0.3 is 0 Å². The Morgan fingerprint density at radius 2 is 1.72 bits per heavy atom. The van der Waals surface area contributed by atoms with Crippen LogP contribution in [-0.4, -0.2) is 11.1 Å². The zero-order valence-corrected chi connectivity index (χ0v) is 15.2. The fraction of sp³-hybridized carbons (Fsp3) is 0.0588. The molecule has 8 heteroatoms. The van der Waals surface area contributed by atoms with E-state index in [0.717, 1.165) is 5.56 Å². The van der Waals surface area contributed by atoms with Gasteiger partial charge in [0.25, 0.3) is 5.91 Å². The van der Waals surface area contributed by atoms with Crippen molar-refractivity contribution in [2.45, 2.75) is 6.92 Å². The first-order valence-electron chi connectivity index (χ1n) is 7.20. The number of carbonyl (C=O) groups excluding carboxylic acids is 1. The van der Waals surface area contributed by atoms with Gasteiger partial charge in [-0.1, -0.05) is 70.3 Å². The molecule has 1 amide bonds. The first kappa shape index (κ1) is 17.6. The lowest BCUT2D eigenvalue weighted by molar-refractivity contribution is 0.0961. The minimum absolute atomic E-state index is 0.281. The number of aromatic nitrogens is 1. The smallest absolute Gasteiger partial charge is 0.275 e. The van der Waals surface area contributed by atoms with E-state index in [-0.39, 0.29) is 10.0 Å². The number of hydrogen-bond acceptors (Lipinski definition) is 4. The second-order valence-electron chi connectivity index (χ2n) is 5.15. The molecule has 1 heterocycles. The standard InChI is InChI=1S/C17H12Cl3N3O2/c1-9-14(15(23-25-9)10-5-3-2-4-6-10)17(24)22-21-16-12(19)7-11(18)8-13(16)20/h2-8,21H,1H3,(H,22,24). The summed E-state index contributed by atoms with van der Waals surface area (Å²) in [5, 5.41) is 4.93. The van der Waals surface area contributed by atoms with Crippen LogP contribution in [0.15, 0.2) is 47.0 Å². The number of halogens is 3. The third-order valence-electron chi connectivity index (χ3n) is 3.44. The molecule has 5 nitrogen and oxygen atoms in total. The molecule has 1 aromatic heterocycles. The van der Waals surface area contributed by atoms with Crippen LogP contribution in [0.25, 0.3) is 11.3 Å². The Labute approximate surface area is 158 Å². The van der Waals surface area contributed by atoms with Crippen molar-refractivity contribution in [2.24, 2.45) is 0 Å². The summed E-state index contributed by atoms with van der Waals surface area (Å²) in [5.74, 6) is -0.0360. The van der Waals surface area contributed by atoms with Crippen LogP contribution >= 0.6 is 34.8 Å². The molecular formula is C17H12Cl3N3O2. The molecule has 0 aliphatic heterocycles. The minimum atomic E-state index is -0.431. The summed E-state index contributed by atoms with van der Waals surface area (Å²) in [6.07, 6.45) is 0. The highest BCUT2D eigenvalue weighted by Gasteiger charge is 2.22. The maximum Gasteiger partial charge on any atom is 0.275 e. The third-order valence-corrected chi connectivity index (χ3v) is 4.26. The molecule has 0 bridgehead atoms. The largest absolute Gasteiger partial charge is 0.360 e. The Balaban J connectivity index is 1.85. The number of hydrazine groups is 1. The average molecular weight is 397 g/mol. The molecule has 0 spiro atoms. The highest BCUT2D eigenvalue weighted by Crippen LogP contribution is 2.33. The molecule has 0 aliphatic rings. The molecule has 128 valence electrons. The lowest BCUT2D eigenvalue weighted by Gasteiger charge is -2.12. The van der Waals surface area contributed by atoms with Gasteiger partial charge in [-0.05, 0) is 19.1 Å². The fourth-order valence-corrected chi connectivity index (χ4v) is 3.19. The van der Waals surface area contributed by atoms with Gasteiger partial charge in [0.1, 0.15) is 17.0 Å². The predicted molar refractivity (Wildman–Crippen MR) is 99.2 cm³/mol. The van der Waals surface area contributed by atoms with Crippen LogP contribution in [-0.2, 0) is 0 Å². The molecule has 2 aromatic carbocycles. The summed E-state index contributed by atoms with van der Waals surface area (Å²) < 4.78 is 5.18. The molecular weight excluding hydrogens is 385 g/mol. The van der Waals surface area contributed by atoms with Crippen molar-refractivity contribution < 1.29 is 9.32 Å². The van der Waals surface area contributed by atoms with Gasteiger partial charge in [0.2, 0.25) is 0 Å². The zero-order valence-electron chi connectivity index (χ0n) is 12.9. The summed E-state index contributed by atoms with van der Waals surface area (Å²) >= 11 is 18.0. The molecule has 0 atom stereocenters. The Hall–Kier alpha value is -2.21. The molecule has 0 unspecified atom stereocenters. The molecule has 0 aliphatic carbocycles.